The van der Waals surface area contributed by atoms with E-state index in [1.165, 1.54) is 11.3 Å². The Bertz CT molecular complexity index is 597. The van der Waals surface area contributed by atoms with Crippen molar-refractivity contribution in [1.29, 1.82) is 0 Å². The number of hydrogen-bond donors (Lipinski definition) is 1. The predicted octanol–water partition coefficient (Wildman–Crippen LogP) is 4.03. The molecule has 0 bridgehead atoms. The third kappa shape index (κ3) is 2.40. The molecule has 1 N–H and O–H groups in total. The van der Waals surface area contributed by atoms with Crippen LogP contribution < -0.4 is 4.90 Å². The summed E-state index contributed by atoms with van der Waals surface area (Å²) in [7, 11) is 0. The van der Waals surface area contributed by atoms with Crippen molar-refractivity contribution in [1.82, 2.24) is 0 Å². The second kappa shape index (κ2) is 5.35. The summed E-state index contributed by atoms with van der Waals surface area (Å²) >= 11 is 3.46. The maximum atomic E-state index is 9.57. The van der Waals surface area contributed by atoms with E-state index < -0.39 is 0 Å². The van der Waals surface area contributed by atoms with E-state index in [2.05, 4.69) is 51.2 Å². The second-order valence-electron chi connectivity index (χ2n) is 4.82. The fourth-order valence-corrected chi connectivity index (χ4v) is 3.14. The second-order valence-corrected chi connectivity index (χ2v) is 5.73. The third-order valence-corrected chi connectivity index (χ3v) is 4.11. The molecule has 2 aromatic rings. The smallest absolute Gasteiger partial charge is 0.0702 e. The van der Waals surface area contributed by atoms with Gasteiger partial charge in [0.05, 0.1) is 6.61 Å². The van der Waals surface area contributed by atoms with Crippen molar-refractivity contribution in [2.75, 3.05) is 11.4 Å². The molecule has 1 heterocycles. The first-order chi connectivity index (χ1) is 9.29. The first kappa shape index (κ1) is 12.7. The Morgan fingerprint density at radius 1 is 1.11 bits per heavy atom. The van der Waals surface area contributed by atoms with E-state index in [1.807, 2.05) is 12.1 Å². The number of fused-ring (bicyclic) bond motifs is 1. The Hall–Kier alpha value is -1.32. The minimum absolute atomic E-state index is 0.0629. The highest BCUT2D eigenvalue weighted by atomic mass is 79.9. The molecule has 19 heavy (non-hydrogen) atoms. The van der Waals surface area contributed by atoms with Gasteiger partial charge in [-0.15, -0.1) is 0 Å². The van der Waals surface area contributed by atoms with Crippen molar-refractivity contribution < 1.29 is 5.11 Å². The molecule has 0 fully saturated rings. The Morgan fingerprint density at radius 3 is 2.79 bits per heavy atom. The van der Waals surface area contributed by atoms with Crippen LogP contribution in [0.3, 0.4) is 0 Å². The molecule has 3 heteroatoms. The summed E-state index contributed by atoms with van der Waals surface area (Å²) in [6, 6.07) is 14.6. The third-order valence-electron chi connectivity index (χ3n) is 3.61. The number of halogens is 1. The maximum Gasteiger partial charge on any atom is 0.0702 e. The van der Waals surface area contributed by atoms with E-state index in [-0.39, 0.29) is 6.61 Å². The number of aryl methyl sites for hydroxylation is 1. The van der Waals surface area contributed by atoms with Gasteiger partial charge in [-0.3, -0.25) is 0 Å². The number of hydrogen-bond acceptors (Lipinski definition) is 2. The van der Waals surface area contributed by atoms with Crippen molar-refractivity contribution in [2.45, 2.75) is 19.4 Å². The molecule has 2 aromatic carbocycles. The molecule has 0 unspecified atom stereocenters. The summed E-state index contributed by atoms with van der Waals surface area (Å²) in [5.74, 6) is 0. The Morgan fingerprint density at radius 2 is 1.95 bits per heavy atom. The lowest BCUT2D eigenvalue weighted by Crippen LogP contribution is -2.25. The van der Waals surface area contributed by atoms with E-state index >= 15 is 0 Å². The Kier molecular flexibility index (Phi) is 3.58. The van der Waals surface area contributed by atoms with Crippen LogP contribution in [0.15, 0.2) is 46.9 Å². The number of rotatable bonds is 2. The van der Waals surface area contributed by atoms with Gasteiger partial charge in [-0.25, -0.2) is 0 Å². The zero-order chi connectivity index (χ0) is 13.2. The van der Waals surface area contributed by atoms with Crippen molar-refractivity contribution in [3.8, 4) is 0 Å². The van der Waals surface area contributed by atoms with Crippen molar-refractivity contribution in [2.24, 2.45) is 0 Å². The van der Waals surface area contributed by atoms with Gasteiger partial charge in [-0.05, 0) is 42.7 Å². The summed E-state index contributed by atoms with van der Waals surface area (Å²) in [6.45, 7) is 1.07. The van der Waals surface area contributed by atoms with Crippen LogP contribution in [-0.2, 0) is 13.0 Å². The molecule has 0 atom stereocenters. The van der Waals surface area contributed by atoms with E-state index in [0.717, 1.165) is 35.1 Å². The Labute approximate surface area is 121 Å². The van der Waals surface area contributed by atoms with Crippen LogP contribution in [0.4, 0.5) is 11.4 Å². The van der Waals surface area contributed by atoms with Crippen LogP contribution in [-0.4, -0.2) is 11.7 Å². The Balaban J connectivity index is 2.09. The number of anilines is 2. The number of aliphatic hydroxyl groups excluding tert-OH is 1. The monoisotopic (exact) mass is 317 g/mol. The van der Waals surface area contributed by atoms with Gasteiger partial charge in [-0.1, -0.05) is 34.1 Å². The fourth-order valence-electron chi connectivity index (χ4n) is 2.73. The lowest BCUT2D eigenvalue weighted by molar-refractivity contribution is 0.282. The summed E-state index contributed by atoms with van der Waals surface area (Å²) in [4.78, 5) is 2.32. The molecular formula is C16H16BrNO. The number of para-hydroxylation sites is 1. The van der Waals surface area contributed by atoms with E-state index in [1.54, 1.807) is 0 Å². The van der Waals surface area contributed by atoms with Gasteiger partial charge in [0.25, 0.3) is 0 Å². The van der Waals surface area contributed by atoms with Gasteiger partial charge in [0.2, 0.25) is 0 Å². The topological polar surface area (TPSA) is 23.5 Å². The van der Waals surface area contributed by atoms with Crippen LogP contribution >= 0.6 is 15.9 Å². The molecule has 1 aliphatic heterocycles. The first-order valence-electron chi connectivity index (χ1n) is 6.54. The average Bonchev–Trinajstić information content (AvgIpc) is 2.46. The van der Waals surface area contributed by atoms with E-state index in [0.29, 0.717) is 0 Å². The predicted molar refractivity (Wildman–Crippen MR) is 81.8 cm³/mol. The quantitative estimate of drug-likeness (QED) is 0.904. The summed E-state index contributed by atoms with van der Waals surface area (Å²) in [6.07, 6.45) is 2.29. The summed E-state index contributed by atoms with van der Waals surface area (Å²) in [5, 5.41) is 9.57. The molecule has 0 saturated heterocycles. The maximum absolute atomic E-state index is 9.57. The number of aliphatic hydroxyl groups is 1. The van der Waals surface area contributed by atoms with Gasteiger partial charge >= 0.3 is 0 Å². The molecule has 3 rings (SSSR count). The van der Waals surface area contributed by atoms with Gasteiger partial charge in [0.15, 0.2) is 0 Å². The van der Waals surface area contributed by atoms with Crippen molar-refractivity contribution >= 4 is 27.3 Å². The lowest BCUT2D eigenvalue weighted by atomic mass is 10.00. The average molecular weight is 318 g/mol. The van der Waals surface area contributed by atoms with Crippen LogP contribution in [0.5, 0.6) is 0 Å². The van der Waals surface area contributed by atoms with Crippen molar-refractivity contribution in [3.05, 3.63) is 58.1 Å². The fraction of sp³-hybridized carbons (Fsp3) is 0.250. The van der Waals surface area contributed by atoms with Gasteiger partial charge in [0, 0.05) is 28.0 Å². The molecule has 0 amide bonds. The molecule has 0 aromatic heterocycles. The molecule has 1 aliphatic rings. The highest BCUT2D eigenvalue weighted by molar-refractivity contribution is 9.10. The molecule has 0 aliphatic carbocycles. The molecule has 0 radical (unpaired) electrons. The minimum Gasteiger partial charge on any atom is -0.392 e. The number of nitrogens with zero attached hydrogens (tertiary/aromatic N) is 1. The van der Waals surface area contributed by atoms with Gasteiger partial charge in [0.1, 0.15) is 0 Å². The zero-order valence-electron chi connectivity index (χ0n) is 10.6. The number of benzene rings is 2. The standard InChI is InChI=1S/C16H16BrNO/c17-14-7-8-16(13(10-14)11-19)18-9-3-5-12-4-1-2-6-15(12)18/h1-2,4,6-8,10,19H,3,5,9,11H2. The van der Waals surface area contributed by atoms with E-state index in [4.69, 9.17) is 0 Å². The lowest BCUT2D eigenvalue weighted by Gasteiger charge is -2.32. The highest BCUT2D eigenvalue weighted by Crippen LogP contribution is 2.36. The van der Waals surface area contributed by atoms with Crippen LogP contribution in [0, 0.1) is 0 Å². The SMILES string of the molecule is OCc1cc(Br)ccc1N1CCCc2ccccc21. The van der Waals surface area contributed by atoms with Crippen molar-refractivity contribution in [3.63, 3.8) is 0 Å². The first-order valence-corrected chi connectivity index (χ1v) is 7.33. The van der Waals surface area contributed by atoms with Crippen LogP contribution in [0.2, 0.25) is 0 Å². The summed E-state index contributed by atoms with van der Waals surface area (Å²) < 4.78 is 1.01. The van der Waals surface area contributed by atoms with Crippen LogP contribution in [0.1, 0.15) is 17.5 Å². The van der Waals surface area contributed by atoms with Crippen LogP contribution in [0.25, 0.3) is 0 Å². The summed E-state index contributed by atoms with van der Waals surface area (Å²) in [5.41, 5.74) is 4.73. The molecule has 2 nitrogen and oxygen atoms in total. The molecule has 0 saturated carbocycles. The zero-order valence-corrected chi connectivity index (χ0v) is 12.2. The van der Waals surface area contributed by atoms with Gasteiger partial charge in [-0.2, -0.15) is 0 Å². The molecule has 98 valence electrons. The minimum atomic E-state index is 0.0629. The largest absolute Gasteiger partial charge is 0.392 e. The molecule has 0 spiro atoms. The van der Waals surface area contributed by atoms with E-state index in [9.17, 15) is 5.11 Å². The normalized spacial score (nSPS) is 14.3. The molecular weight excluding hydrogens is 302 g/mol. The highest BCUT2D eigenvalue weighted by Gasteiger charge is 2.19. The van der Waals surface area contributed by atoms with Gasteiger partial charge < -0.3 is 10.0 Å².